The van der Waals surface area contributed by atoms with Crippen molar-refractivity contribution in [1.29, 1.82) is 0 Å². The van der Waals surface area contributed by atoms with Crippen LogP contribution in [0.1, 0.15) is 41.4 Å². The molecule has 0 fully saturated rings. The van der Waals surface area contributed by atoms with Crippen molar-refractivity contribution in [1.82, 2.24) is 4.98 Å². The van der Waals surface area contributed by atoms with Crippen molar-refractivity contribution in [3.8, 4) is 17.2 Å². The number of benzene rings is 2. The van der Waals surface area contributed by atoms with Crippen LogP contribution in [0.4, 0.5) is 0 Å². The molecule has 2 heterocycles. The zero-order chi connectivity index (χ0) is 24.1. The Hall–Kier alpha value is -3.29. The van der Waals surface area contributed by atoms with Crippen LogP contribution in [-0.4, -0.2) is 24.7 Å². The van der Waals surface area contributed by atoms with Gasteiger partial charge in [-0.3, -0.25) is 0 Å². The molecule has 184 valence electrons. The van der Waals surface area contributed by atoms with Crippen molar-refractivity contribution in [2.24, 2.45) is 0 Å². The summed E-state index contributed by atoms with van der Waals surface area (Å²) in [6, 6.07) is 13.5. The molecule has 2 aromatic carbocycles. The third kappa shape index (κ3) is 6.24. The minimum absolute atomic E-state index is 0. The number of aryl methyl sites for hydroxylation is 1. The van der Waals surface area contributed by atoms with E-state index in [0.29, 0.717) is 40.8 Å². The van der Waals surface area contributed by atoms with E-state index in [1.54, 1.807) is 14.0 Å². The van der Waals surface area contributed by atoms with Gasteiger partial charge in [-0.2, -0.15) is 0 Å². The number of aromatic nitrogens is 1. The predicted octanol–water partition coefficient (Wildman–Crippen LogP) is 7.24. The summed E-state index contributed by atoms with van der Waals surface area (Å²) in [7, 11) is 1.64. The van der Waals surface area contributed by atoms with Gasteiger partial charge in [-0.25, -0.2) is 9.78 Å². The second kappa shape index (κ2) is 11.9. The van der Waals surface area contributed by atoms with Gasteiger partial charge >= 0.3 is 5.97 Å². The third-order valence-corrected chi connectivity index (χ3v) is 6.43. The lowest BCUT2D eigenvalue weighted by atomic mass is 10.1. The van der Waals surface area contributed by atoms with Gasteiger partial charge in [-0.1, -0.05) is 31.2 Å². The van der Waals surface area contributed by atoms with Crippen LogP contribution in [0, 0.1) is 6.92 Å². The molecule has 0 atom stereocenters. The fraction of sp³-hybridized carbons (Fsp3) is 0.259. The van der Waals surface area contributed by atoms with E-state index in [9.17, 15) is 4.79 Å². The molecule has 0 saturated carbocycles. The number of carbonyl (C=O) groups is 1. The zero-order valence-electron chi connectivity index (χ0n) is 19.1. The summed E-state index contributed by atoms with van der Waals surface area (Å²) in [4.78, 5) is 16.5. The number of hydrogen-bond donors (Lipinski definition) is 0. The van der Waals surface area contributed by atoms with Crippen LogP contribution in [0.15, 0.2) is 54.0 Å². The van der Waals surface area contributed by atoms with Crippen LogP contribution in [-0.2, 0) is 18.0 Å². The van der Waals surface area contributed by atoms with Gasteiger partial charge in [0.25, 0.3) is 0 Å². The van der Waals surface area contributed by atoms with Gasteiger partial charge < -0.3 is 18.9 Å². The smallest absolute Gasteiger partial charge is 0.341 e. The number of carbonyl (C=O) groups excluding carboxylic acids is 1. The van der Waals surface area contributed by atoms with E-state index >= 15 is 0 Å². The summed E-state index contributed by atoms with van der Waals surface area (Å²) in [5, 5.41) is 2.96. The van der Waals surface area contributed by atoms with Crippen LogP contribution in [0.2, 0.25) is 5.15 Å². The highest BCUT2D eigenvalue weighted by Crippen LogP contribution is 2.35. The third-order valence-electron chi connectivity index (χ3n) is 5.08. The number of nitrogens with zero attached hydrogens (tertiary/aromatic N) is 1. The standard InChI is InChI=1S/C26H24ClNO5S.CH4/c1-4-31-26(29)22-12-28-25(27)23-18(15-34-24(22)23)14-33-21-9-16(2)8-20(11-21)32-13-17-6-5-7-19(10-17)30-3;/h5-12,15H,4,13-14H2,1-3H3;1H4. The Kier molecular flexibility index (Phi) is 8.95. The molecule has 0 aliphatic heterocycles. The topological polar surface area (TPSA) is 66.9 Å². The van der Waals surface area contributed by atoms with E-state index in [2.05, 4.69) is 4.98 Å². The van der Waals surface area contributed by atoms with Crippen LogP contribution in [0.3, 0.4) is 0 Å². The molecule has 6 nitrogen and oxygen atoms in total. The lowest BCUT2D eigenvalue weighted by Gasteiger charge is -2.12. The van der Waals surface area contributed by atoms with Gasteiger partial charge in [0.05, 0.1) is 24.0 Å². The summed E-state index contributed by atoms with van der Waals surface area (Å²) in [6.45, 7) is 4.72. The molecule has 0 aliphatic rings. The second-order valence-corrected chi connectivity index (χ2v) is 8.80. The van der Waals surface area contributed by atoms with Gasteiger partial charge in [0.1, 0.15) is 35.6 Å². The first-order chi connectivity index (χ1) is 16.5. The average molecular weight is 514 g/mol. The van der Waals surface area contributed by atoms with Gasteiger partial charge in [-0.15, -0.1) is 11.3 Å². The number of ether oxygens (including phenoxy) is 4. The van der Waals surface area contributed by atoms with Gasteiger partial charge in [0, 0.05) is 23.2 Å². The Labute approximate surface area is 214 Å². The molecular weight excluding hydrogens is 486 g/mol. The van der Waals surface area contributed by atoms with Crippen LogP contribution in [0.25, 0.3) is 10.1 Å². The Morgan fingerprint density at radius 3 is 2.51 bits per heavy atom. The normalized spacial score (nSPS) is 10.5. The average Bonchev–Trinajstić information content (AvgIpc) is 3.26. The molecule has 0 spiro atoms. The molecular formula is C27H28ClNO5S. The van der Waals surface area contributed by atoms with Crippen LogP contribution < -0.4 is 14.2 Å². The maximum absolute atomic E-state index is 12.3. The van der Waals surface area contributed by atoms with Crippen molar-refractivity contribution in [2.45, 2.75) is 34.5 Å². The van der Waals surface area contributed by atoms with Crippen molar-refractivity contribution < 1.29 is 23.7 Å². The number of halogens is 1. The number of methoxy groups -OCH3 is 1. The van der Waals surface area contributed by atoms with Crippen molar-refractivity contribution in [3.05, 3.63) is 81.4 Å². The van der Waals surface area contributed by atoms with Crippen LogP contribution in [0.5, 0.6) is 17.2 Å². The predicted molar refractivity (Wildman–Crippen MR) is 140 cm³/mol. The molecule has 4 aromatic rings. The van der Waals surface area contributed by atoms with Gasteiger partial charge in [0.2, 0.25) is 0 Å². The summed E-state index contributed by atoms with van der Waals surface area (Å²) < 4.78 is 23.2. The van der Waals surface area contributed by atoms with E-state index in [1.807, 2.05) is 54.8 Å². The first kappa shape index (κ1) is 26.3. The van der Waals surface area contributed by atoms with E-state index < -0.39 is 5.97 Å². The molecule has 4 rings (SSSR count). The molecule has 0 aliphatic carbocycles. The molecule has 0 unspecified atom stereocenters. The number of hydrogen-bond acceptors (Lipinski definition) is 7. The number of fused-ring (bicyclic) bond motifs is 1. The van der Waals surface area contributed by atoms with E-state index in [0.717, 1.165) is 27.1 Å². The molecule has 35 heavy (non-hydrogen) atoms. The summed E-state index contributed by atoms with van der Waals surface area (Å²) in [6.07, 6.45) is 1.45. The van der Waals surface area contributed by atoms with Crippen molar-refractivity contribution in [3.63, 3.8) is 0 Å². The highest BCUT2D eigenvalue weighted by atomic mass is 35.5. The Bertz CT molecular complexity index is 1320. The number of pyridine rings is 1. The number of esters is 1. The molecule has 8 heteroatoms. The monoisotopic (exact) mass is 513 g/mol. The second-order valence-electron chi connectivity index (χ2n) is 7.56. The fourth-order valence-electron chi connectivity index (χ4n) is 3.49. The SMILES string of the molecule is C.CCOC(=O)c1cnc(Cl)c2c(COc3cc(C)cc(OCc4cccc(OC)c4)c3)csc12. The Balaban J connectivity index is 0.00000342. The highest BCUT2D eigenvalue weighted by Gasteiger charge is 2.19. The summed E-state index contributed by atoms with van der Waals surface area (Å²) >= 11 is 7.79. The van der Waals surface area contributed by atoms with Crippen molar-refractivity contribution >= 4 is 39.0 Å². The van der Waals surface area contributed by atoms with Crippen LogP contribution >= 0.6 is 22.9 Å². The molecule has 2 aromatic heterocycles. The van der Waals surface area contributed by atoms with E-state index in [-0.39, 0.29) is 14.0 Å². The fourth-order valence-corrected chi connectivity index (χ4v) is 4.87. The quantitative estimate of drug-likeness (QED) is 0.173. The van der Waals surface area contributed by atoms with Crippen molar-refractivity contribution in [2.75, 3.05) is 13.7 Å². The zero-order valence-corrected chi connectivity index (χ0v) is 20.7. The maximum Gasteiger partial charge on any atom is 0.341 e. The van der Waals surface area contributed by atoms with E-state index in [4.69, 9.17) is 30.5 Å². The highest BCUT2D eigenvalue weighted by molar-refractivity contribution is 7.17. The maximum atomic E-state index is 12.3. The minimum Gasteiger partial charge on any atom is -0.497 e. The summed E-state index contributed by atoms with van der Waals surface area (Å²) in [5.41, 5.74) is 3.27. The molecule has 0 bridgehead atoms. The molecule has 0 N–H and O–H groups in total. The number of rotatable bonds is 9. The van der Waals surface area contributed by atoms with Gasteiger partial charge in [0.15, 0.2) is 0 Å². The molecule has 0 saturated heterocycles. The van der Waals surface area contributed by atoms with Gasteiger partial charge in [-0.05, 0) is 54.6 Å². The number of thiophene rings is 1. The van der Waals surface area contributed by atoms with E-state index in [1.165, 1.54) is 17.5 Å². The first-order valence-corrected chi connectivity index (χ1v) is 12.0. The Morgan fingerprint density at radius 1 is 1.06 bits per heavy atom. The minimum atomic E-state index is -0.414. The Morgan fingerprint density at radius 2 is 1.80 bits per heavy atom. The molecule has 0 amide bonds. The lowest BCUT2D eigenvalue weighted by molar-refractivity contribution is 0.0528. The largest absolute Gasteiger partial charge is 0.497 e. The summed E-state index contributed by atoms with van der Waals surface area (Å²) in [5.74, 6) is 1.75. The molecule has 0 radical (unpaired) electrons. The lowest BCUT2D eigenvalue weighted by Crippen LogP contribution is -2.05. The first-order valence-electron chi connectivity index (χ1n) is 10.7.